The maximum absolute atomic E-state index is 12.5. The van der Waals surface area contributed by atoms with Crippen molar-refractivity contribution in [2.75, 3.05) is 42.3 Å². The van der Waals surface area contributed by atoms with Crippen LogP contribution in [0.1, 0.15) is 40.5 Å². The molecule has 8 heteroatoms. The molecule has 0 bridgehead atoms. The summed E-state index contributed by atoms with van der Waals surface area (Å²) in [6, 6.07) is 5.26. The number of nitrogen functional groups attached to an aromatic ring is 1. The van der Waals surface area contributed by atoms with E-state index in [-0.39, 0.29) is 30.5 Å². The molecule has 0 saturated heterocycles. The third-order valence-electron chi connectivity index (χ3n) is 4.49. The molecule has 0 spiro atoms. The molecule has 0 aromatic heterocycles. The maximum Gasteiger partial charge on any atom is 0.330 e. The summed E-state index contributed by atoms with van der Waals surface area (Å²) < 4.78 is 9.84. The number of benzene rings is 1. The van der Waals surface area contributed by atoms with Gasteiger partial charge in [-0.1, -0.05) is 34.3 Å². The second kappa shape index (κ2) is 12.6. The second-order valence-electron chi connectivity index (χ2n) is 8.72. The summed E-state index contributed by atoms with van der Waals surface area (Å²) in [6.45, 7) is 13.3. The van der Waals surface area contributed by atoms with Gasteiger partial charge in [-0.2, -0.15) is 0 Å². The minimum absolute atomic E-state index is 0.101. The first-order valence-corrected chi connectivity index (χ1v) is 10.3. The van der Waals surface area contributed by atoms with Crippen molar-refractivity contribution >= 4 is 35.4 Å². The molecule has 1 unspecified atom stereocenters. The number of hydrogen-bond acceptors (Lipinski definition) is 7. The number of esters is 1. The van der Waals surface area contributed by atoms with E-state index in [1.807, 2.05) is 4.90 Å². The topological polar surface area (TPSA) is 111 Å². The lowest BCUT2D eigenvalue weighted by atomic mass is 9.84. The lowest BCUT2D eigenvalue weighted by Crippen LogP contribution is -2.31. The van der Waals surface area contributed by atoms with Gasteiger partial charge in [0.15, 0.2) is 0 Å². The van der Waals surface area contributed by atoms with Crippen LogP contribution in [0.2, 0.25) is 0 Å². The standard InChI is InChI=1S/C23H35N3O5/c1-6-22(29)31-12-10-26(9-11-30-16-27)18-7-8-19(24)20(14-18)25-21(28)13-17(2)15-23(3,4)5/h6-8,14,16-17H,1,9-13,15,24H2,2-5H3,(H,25,28). The van der Waals surface area contributed by atoms with E-state index in [0.717, 1.165) is 18.2 Å². The van der Waals surface area contributed by atoms with Crippen LogP contribution in [-0.4, -0.2) is 44.7 Å². The number of nitrogens with zero attached hydrogens (tertiary/aromatic N) is 1. The molecule has 31 heavy (non-hydrogen) atoms. The van der Waals surface area contributed by atoms with E-state index in [1.165, 1.54) is 0 Å². The minimum Gasteiger partial charge on any atom is -0.466 e. The molecule has 0 aliphatic carbocycles. The molecule has 1 rings (SSSR count). The Morgan fingerprint density at radius 2 is 1.94 bits per heavy atom. The number of nitrogens with two attached hydrogens (primary N) is 1. The molecule has 3 N–H and O–H groups in total. The molecule has 0 radical (unpaired) electrons. The molecular weight excluding hydrogens is 398 g/mol. The molecule has 0 fully saturated rings. The van der Waals surface area contributed by atoms with Crippen LogP contribution in [-0.2, 0) is 23.9 Å². The second-order valence-corrected chi connectivity index (χ2v) is 8.72. The quantitative estimate of drug-likeness (QED) is 0.161. The van der Waals surface area contributed by atoms with E-state index >= 15 is 0 Å². The Labute approximate surface area is 184 Å². The lowest BCUT2D eigenvalue weighted by molar-refractivity contribution is -0.137. The van der Waals surface area contributed by atoms with E-state index in [4.69, 9.17) is 15.2 Å². The van der Waals surface area contributed by atoms with Gasteiger partial charge in [-0.15, -0.1) is 0 Å². The Balaban J connectivity index is 2.87. The van der Waals surface area contributed by atoms with Gasteiger partial charge in [0, 0.05) is 18.2 Å². The highest BCUT2D eigenvalue weighted by Crippen LogP contribution is 2.28. The third kappa shape index (κ3) is 10.5. The van der Waals surface area contributed by atoms with E-state index in [1.54, 1.807) is 18.2 Å². The van der Waals surface area contributed by atoms with Crippen molar-refractivity contribution in [3.05, 3.63) is 30.9 Å². The summed E-state index contributed by atoms with van der Waals surface area (Å²) in [4.78, 5) is 36.2. The van der Waals surface area contributed by atoms with Gasteiger partial charge in [0.2, 0.25) is 5.91 Å². The molecular formula is C23H35N3O5. The number of hydrogen-bond donors (Lipinski definition) is 2. The van der Waals surface area contributed by atoms with Crippen LogP contribution in [0.3, 0.4) is 0 Å². The third-order valence-corrected chi connectivity index (χ3v) is 4.49. The van der Waals surface area contributed by atoms with Crippen molar-refractivity contribution in [2.45, 2.75) is 40.5 Å². The molecule has 1 aromatic rings. The van der Waals surface area contributed by atoms with Crippen molar-refractivity contribution in [1.82, 2.24) is 0 Å². The summed E-state index contributed by atoms with van der Waals surface area (Å²) in [5.41, 5.74) is 7.92. The van der Waals surface area contributed by atoms with Crippen molar-refractivity contribution in [3.63, 3.8) is 0 Å². The van der Waals surface area contributed by atoms with Gasteiger partial charge in [-0.25, -0.2) is 4.79 Å². The van der Waals surface area contributed by atoms with Crippen LogP contribution >= 0.6 is 0 Å². The summed E-state index contributed by atoms with van der Waals surface area (Å²) in [7, 11) is 0. The van der Waals surface area contributed by atoms with Crippen LogP contribution in [0.5, 0.6) is 0 Å². The highest BCUT2D eigenvalue weighted by atomic mass is 16.5. The number of anilines is 3. The molecule has 0 heterocycles. The Bertz CT molecular complexity index is 758. The minimum atomic E-state index is -0.515. The number of carbonyl (C=O) groups is 3. The lowest BCUT2D eigenvalue weighted by Gasteiger charge is -2.25. The van der Waals surface area contributed by atoms with Gasteiger partial charge in [0.25, 0.3) is 6.47 Å². The summed E-state index contributed by atoms with van der Waals surface area (Å²) in [5.74, 6) is -0.379. The highest BCUT2D eigenvalue weighted by molar-refractivity contribution is 5.94. The predicted molar refractivity (Wildman–Crippen MR) is 123 cm³/mol. The molecule has 172 valence electrons. The molecule has 8 nitrogen and oxygen atoms in total. The fourth-order valence-corrected chi connectivity index (χ4v) is 3.38. The predicted octanol–water partition coefficient (Wildman–Crippen LogP) is 3.38. The van der Waals surface area contributed by atoms with E-state index in [0.29, 0.717) is 37.4 Å². The van der Waals surface area contributed by atoms with Crippen molar-refractivity contribution in [1.29, 1.82) is 0 Å². The van der Waals surface area contributed by atoms with Gasteiger partial charge in [0.1, 0.15) is 13.2 Å². The van der Waals surface area contributed by atoms with Gasteiger partial charge < -0.3 is 25.4 Å². The van der Waals surface area contributed by atoms with Gasteiger partial charge in [0.05, 0.1) is 24.5 Å². The van der Waals surface area contributed by atoms with E-state index in [2.05, 4.69) is 39.6 Å². The number of ether oxygens (including phenoxy) is 2. The van der Waals surface area contributed by atoms with Crippen molar-refractivity contribution < 1.29 is 23.9 Å². The Hall–Kier alpha value is -3.03. The Morgan fingerprint density at radius 3 is 2.55 bits per heavy atom. The molecule has 1 atom stereocenters. The summed E-state index contributed by atoms with van der Waals surface area (Å²) in [6.07, 6.45) is 2.43. The monoisotopic (exact) mass is 433 g/mol. The average molecular weight is 434 g/mol. The van der Waals surface area contributed by atoms with Gasteiger partial charge in [-0.05, 0) is 36.0 Å². The summed E-state index contributed by atoms with van der Waals surface area (Å²) >= 11 is 0. The maximum atomic E-state index is 12.5. The zero-order valence-electron chi connectivity index (χ0n) is 19.0. The first-order chi connectivity index (χ1) is 14.6. The number of rotatable bonds is 13. The fraction of sp³-hybridized carbons (Fsp3) is 0.522. The highest BCUT2D eigenvalue weighted by Gasteiger charge is 2.18. The van der Waals surface area contributed by atoms with Gasteiger partial charge >= 0.3 is 5.97 Å². The zero-order chi connectivity index (χ0) is 23.4. The average Bonchev–Trinajstić information content (AvgIpc) is 2.66. The molecule has 0 saturated carbocycles. The molecule has 1 aromatic carbocycles. The molecule has 0 aliphatic heterocycles. The van der Waals surface area contributed by atoms with Crippen molar-refractivity contribution in [2.24, 2.45) is 11.3 Å². The number of carbonyl (C=O) groups excluding carboxylic acids is 3. The van der Waals surface area contributed by atoms with E-state index in [9.17, 15) is 14.4 Å². The Kier molecular flexibility index (Phi) is 10.6. The molecule has 1 amide bonds. The first-order valence-electron chi connectivity index (χ1n) is 10.3. The first kappa shape index (κ1) is 26.0. The summed E-state index contributed by atoms with van der Waals surface area (Å²) in [5, 5.41) is 2.90. The molecule has 0 aliphatic rings. The smallest absolute Gasteiger partial charge is 0.330 e. The van der Waals surface area contributed by atoms with Crippen LogP contribution < -0.4 is 16.0 Å². The normalized spacial score (nSPS) is 11.9. The van der Waals surface area contributed by atoms with Crippen LogP contribution in [0.15, 0.2) is 30.9 Å². The van der Waals surface area contributed by atoms with Crippen LogP contribution in [0.25, 0.3) is 0 Å². The van der Waals surface area contributed by atoms with E-state index < -0.39 is 5.97 Å². The Morgan fingerprint density at radius 1 is 1.26 bits per heavy atom. The van der Waals surface area contributed by atoms with Crippen LogP contribution in [0, 0.1) is 11.3 Å². The van der Waals surface area contributed by atoms with Gasteiger partial charge in [-0.3, -0.25) is 9.59 Å². The largest absolute Gasteiger partial charge is 0.466 e. The SMILES string of the molecule is C=CC(=O)OCCN(CCOC=O)c1ccc(N)c(NC(=O)CC(C)CC(C)(C)C)c1. The number of amides is 1. The zero-order valence-corrected chi connectivity index (χ0v) is 19.0. The van der Waals surface area contributed by atoms with Crippen molar-refractivity contribution in [3.8, 4) is 0 Å². The van der Waals surface area contributed by atoms with Crippen LogP contribution in [0.4, 0.5) is 17.1 Å². The number of nitrogens with one attached hydrogen (secondary N) is 1. The fourth-order valence-electron chi connectivity index (χ4n) is 3.38.